The van der Waals surface area contributed by atoms with Crippen molar-refractivity contribution in [1.82, 2.24) is 20.2 Å². The third-order valence-electron chi connectivity index (χ3n) is 2.80. The van der Waals surface area contributed by atoms with Gasteiger partial charge in [0.05, 0.1) is 14.2 Å². The first kappa shape index (κ1) is 15.0. The van der Waals surface area contributed by atoms with Crippen LogP contribution in [0.25, 0.3) is 0 Å². The number of hydrogen-bond donors (Lipinski definition) is 2. The lowest BCUT2D eigenvalue weighted by molar-refractivity contribution is 0.354. The molecule has 2 rings (SSSR count). The van der Waals surface area contributed by atoms with E-state index in [-0.39, 0.29) is 0 Å². The summed E-state index contributed by atoms with van der Waals surface area (Å²) in [7, 11) is 3.24. The van der Waals surface area contributed by atoms with Crippen LogP contribution in [0.5, 0.6) is 11.5 Å². The molecule has 0 aliphatic rings. The Hall–Kier alpha value is -2.35. The number of benzene rings is 1. The van der Waals surface area contributed by atoms with Gasteiger partial charge < -0.3 is 14.8 Å². The molecule has 0 saturated carbocycles. The van der Waals surface area contributed by atoms with E-state index in [1.807, 2.05) is 18.2 Å². The normalized spacial score (nSPS) is 10.0. The molecule has 0 saturated heterocycles. The molecule has 0 atom stereocenters. The summed E-state index contributed by atoms with van der Waals surface area (Å²) < 4.78 is 12.1. The second kappa shape index (κ2) is 7.44. The zero-order chi connectivity index (χ0) is 15.1. The summed E-state index contributed by atoms with van der Waals surface area (Å²) >= 11 is 5.16. The van der Waals surface area contributed by atoms with Crippen molar-refractivity contribution in [2.24, 2.45) is 0 Å². The van der Waals surface area contributed by atoms with Crippen molar-refractivity contribution in [1.29, 1.82) is 0 Å². The summed E-state index contributed by atoms with van der Waals surface area (Å²) in [5.41, 5.74) is 4.05. The Labute approximate surface area is 128 Å². The minimum Gasteiger partial charge on any atom is -0.493 e. The molecule has 21 heavy (non-hydrogen) atoms. The maximum Gasteiger partial charge on any atom is 0.185 e. The van der Waals surface area contributed by atoms with Gasteiger partial charge in [0.25, 0.3) is 0 Å². The van der Waals surface area contributed by atoms with Crippen LogP contribution >= 0.6 is 12.2 Å². The number of nitrogens with one attached hydrogen (secondary N) is 2. The van der Waals surface area contributed by atoms with Crippen LogP contribution in [0.4, 0.5) is 0 Å². The lowest BCUT2D eigenvalue weighted by Crippen LogP contribution is -2.34. The van der Waals surface area contributed by atoms with Gasteiger partial charge in [-0.2, -0.15) is 0 Å². The highest BCUT2D eigenvalue weighted by atomic mass is 32.1. The van der Waals surface area contributed by atoms with E-state index in [9.17, 15) is 0 Å². The minimum absolute atomic E-state index is 0.510. The fraction of sp³-hybridized carbons (Fsp3) is 0.308. The molecule has 0 spiro atoms. The van der Waals surface area contributed by atoms with Gasteiger partial charge in [0.15, 0.2) is 16.6 Å². The molecule has 1 heterocycles. The molecule has 1 aromatic heterocycles. The number of hydrogen-bond acceptors (Lipinski definition) is 5. The van der Waals surface area contributed by atoms with Gasteiger partial charge in [-0.3, -0.25) is 5.43 Å². The Balaban J connectivity index is 1.81. The fourth-order valence-corrected chi connectivity index (χ4v) is 1.98. The molecular weight excluding hydrogens is 290 g/mol. The van der Waals surface area contributed by atoms with E-state index in [1.54, 1.807) is 18.9 Å². The number of nitrogens with zero attached hydrogens (tertiary/aromatic N) is 3. The number of thiocarbonyl (C=S) groups is 1. The molecule has 8 heteroatoms. The molecule has 2 aromatic rings. The predicted molar refractivity (Wildman–Crippen MR) is 83.2 cm³/mol. The smallest absolute Gasteiger partial charge is 0.185 e. The molecule has 2 N–H and O–H groups in total. The second-order valence-corrected chi connectivity index (χ2v) is 4.58. The lowest BCUT2D eigenvalue weighted by atomic mass is 10.1. The molecule has 7 nitrogen and oxygen atoms in total. The Bertz CT molecular complexity index is 588. The predicted octanol–water partition coefficient (Wildman–Crippen LogP) is 0.956. The van der Waals surface area contributed by atoms with E-state index in [0.717, 1.165) is 23.5 Å². The monoisotopic (exact) mass is 307 g/mol. The number of rotatable bonds is 6. The van der Waals surface area contributed by atoms with Gasteiger partial charge >= 0.3 is 0 Å². The van der Waals surface area contributed by atoms with Gasteiger partial charge in [0.2, 0.25) is 0 Å². The van der Waals surface area contributed by atoms with Crippen LogP contribution < -0.4 is 20.2 Å². The molecule has 0 fully saturated rings. The van der Waals surface area contributed by atoms with Crippen molar-refractivity contribution in [3.63, 3.8) is 0 Å². The molecule has 0 aliphatic heterocycles. The molecular formula is C13H17N5O2S. The Morgan fingerprint density at radius 1 is 1.19 bits per heavy atom. The first-order valence-electron chi connectivity index (χ1n) is 6.33. The number of aromatic nitrogens is 3. The maximum absolute atomic E-state index is 5.27. The quantitative estimate of drug-likeness (QED) is 0.770. The van der Waals surface area contributed by atoms with E-state index >= 15 is 0 Å². The van der Waals surface area contributed by atoms with Crippen molar-refractivity contribution in [3.05, 3.63) is 36.4 Å². The zero-order valence-corrected chi connectivity index (χ0v) is 12.7. The van der Waals surface area contributed by atoms with Crippen LogP contribution in [0.2, 0.25) is 0 Å². The molecule has 112 valence electrons. The second-order valence-electron chi connectivity index (χ2n) is 4.18. The van der Waals surface area contributed by atoms with E-state index in [2.05, 4.69) is 20.9 Å². The highest BCUT2D eigenvalue weighted by Crippen LogP contribution is 2.27. The van der Waals surface area contributed by atoms with E-state index < -0.39 is 0 Å². The van der Waals surface area contributed by atoms with Crippen LogP contribution in [-0.2, 0) is 6.42 Å². The van der Waals surface area contributed by atoms with Crippen molar-refractivity contribution >= 4 is 17.3 Å². The first-order chi connectivity index (χ1) is 10.2. The van der Waals surface area contributed by atoms with Gasteiger partial charge in [-0.15, -0.1) is 10.2 Å². The van der Waals surface area contributed by atoms with Crippen LogP contribution in [0, 0.1) is 0 Å². The molecule has 0 radical (unpaired) electrons. The highest BCUT2D eigenvalue weighted by molar-refractivity contribution is 7.80. The summed E-state index contributed by atoms with van der Waals surface area (Å²) in [5, 5.41) is 11.0. The molecule has 0 bridgehead atoms. The number of ether oxygens (including phenoxy) is 2. The van der Waals surface area contributed by atoms with Crippen molar-refractivity contribution < 1.29 is 9.47 Å². The minimum atomic E-state index is 0.510. The van der Waals surface area contributed by atoms with E-state index in [0.29, 0.717) is 11.7 Å². The largest absolute Gasteiger partial charge is 0.493 e. The van der Waals surface area contributed by atoms with Crippen LogP contribution in [0.15, 0.2) is 30.9 Å². The Morgan fingerprint density at radius 2 is 1.90 bits per heavy atom. The van der Waals surface area contributed by atoms with E-state index in [1.165, 1.54) is 12.7 Å². The summed E-state index contributed by atoms with van der Waals surface area (Å²) in [6.45, 7) is 0.698. The average Bonchev–Trinajstić information content (AvgIpc) is 2.99. The summed E-state index contributed by atoms with van der Waals surface area (Å²) in [6, 6.07) is 5.85. The SMILES string of the molecule is COc1ccc(CCNC(=S)Nn2cnnc2)cc1OC. The average molecular weight is 307 g/mol. The van der Waals surface area contributed by atoms with Gasteiger partial charge in [-0.1, -0.05) is 6.07 Å². The summed E-state index contributed by atoms with van der Waals surface area (Å²) in [6.07, 6.45) is 3.87. The third kappa shape index (κ3) is 4.32. The van der Waals surface area contributed by atoms with Crippen LogP contribution in [0.3, 0.4) is 0 Å². The molecule has 1 aromatic carbocycles. The molecule has 0 aliphatic carbocycles. The van der Waals surface area contributed by atoms with Crippen molar-refractivity contribution in [2.45, 2.75) is 6.42 Å². The van der Waals surface area contributed by atoms with Gasteiger partial charge in [0, 0.05) is 6.54 Å². The van der Waals surface area contributed by atoms with Crippen molar-refractivity contribution in [2.75, 3.05) is 26.2 Å². The molecule has 0 unspecified atom stereocenters. The van der Waals surface area contributed by atoms with Gasteiger partial charge in [-0.05, 0) is 36.3 Å². The topological polar surface area (TPSA) is 73.2 Å². The lowest BCUT2D eigenvalue weighted by Gasteiger charge is -2.12. The maximum atomic E-state index is 5.27. The summed E-state index contributed by atoms with van der Waals surface area (Å²) in [4.78, 5) is 0. The van der Waals surface area contributed by atoms with Gasteiger partial charge in [-0.25, -0.2) is 4.68 Å². The highest BCUT2D eigenvalue weighted by Gasteiger charge is 2.04. The Morgan fingerprint density at radius 3 is 2.57 bits per heavy atom. The first-order valence-corrected chi connectivity index (χ1v) is 6.74. The van der Waals surface area contributed by atoms with Crippen molar-refractivity contribution in [3.8, 4) is 11.5 Å². The van der Waals surface area contributed by atoms with Crippen LogP contribution in [0.1, 0.15) is 5.56 Å². The van der Waals surface area contributed by atoms with Crippen LogP contribution in [-0.4, -0.2) is 40.8 Å². The standard InChI is InChI=1S/C13H17N5O2S/c1-19-11-4-3-10(7-12(11)20-2)5-6-14-13(21)17-18-8-15-16-9-18/h3-4,7-9H,5-6H2,1-2H3,(H2,14,17,21). The third-order valence-corrected chi connectivity index (χ3v) is 3.03. The van der Waals surface area contributed by atoms with Gasteiger partial charge in [0.1, 0.15) is 12.7 Å². The number of methoxy groups -OCH3 is 2. The fourth-order valence-electron chi connectivity index (χ4n) is 1.77. The van der Waals surface area contributed by atoms with E-state index in [4.69, 9.17) is 21.7 Å². The zero-order valence-electron chi connectivity index (χ0n) is 11.9. The molecule has 0 amide bonds. The summed E-state index contributed by atoms with van der Waals surface area (Å²) in [5.74, 6) is 1.44. The Kier molecular flexibility index (Phi) is 5.33.